The van der Waals surface area contributed by atoms with E-state index in [9.17, 15) is 4.79 Å². The van der Waals surface area contributed by atoms with Gasteiger partial charge in [0.25, 0.3) is 0 Å². The van der Waals surface area contributed by atoms with Crippen molar-refractivity contribution < 1.29 is 4.79 Å². The number of carbonyl (C=O) groups is 1. The molecule has 2 N–H and O–H groups in total. The van der Waals surface area contributed by atoms with Gasteiger partial charge in [0.15, 0.2) is 0 Å². The summed E-state index contributed by atoms with van der Waals surface area (Å²) in [5.74, 6) is 0.0937. The summed E-state index contributed by atoms with van der Waals surface area (Å²) in [6.45, 7) is 4.02. The van der Waals surface area contributed by atoms with Gasteiger partial charge in [-0.3, -0.25) is 10.1 Å². The molecule has 1 amide bonds. The lowest BCUT2D eigenvalue weighted by Gasteiger charge is -2.23. The predicted octanol–water partition coefficient (Wildman–Crippen LogP) is 3.40. The topological polar surface area (TPSA) is 41.1 Å². The number of rotatable bonds is 6. The van der Waals surface area contributed by atoms with Crippen molar-refractivity contribution >= 4 is 17.2 Å². The van der Waals surface area contributed by atoms with Gasteiger partial charge in [-0.05, 0) is 43.7 Å². The Morgan fingerprint density at radius 1 is 1.23 bits per heavy atom. The van der Waals surface area contributed by atoms with Crippen LogP contribution in [0.15, 0.2) is 41.8 Å². The molecule has 0 radical (unpaired) electrons. The molecule has 1 heterocycles. The third-order valence-electron chi connectivity index (χ3n) is 3.97. The quantitative estimate of drug-likeness (QED) is 0.858. The Balaban J connectivity index is 1.76. The number of thiophene rings is 1. The largest absolute Gasteiger partial charge is 0.352 e. The van der Waals surface area contributed by atoms with Crippen molar-refractivity contribution in [1.29, 1.82) is 0 Å². The number of aryl methyl sites for hydroxylation is 1. The van der Waals surface area contributed by atoms with Crippen molar-refractivity contribution in [3.63, 3.8) is 0 Å². The zero-order valence-electron chi connectivity index (χ0n) is 13.0. The van der Waals surface area contributed by atoms with Crippen LogP contribution in [0.4, 0.5) is 0 Å². The van der Waals surface area contributed by atoms with E-state index >= 15 is 0 Å². The highest BCUT2D eigenvalue weighted by Gasteiger charge is 2.27. The summed E-state index contributed by atoms with van der Waals surface area (Å²) >= 11 is 1.72. The van der Waals surface area contributed by atoms with Crippen LogP contribution in [-0.2, 0) is 4.79 Å². The Morgan fingerprint density at radius 3 is 2.55 bits per heavy atom. The van der Waals surface area contributed by atoms with Crippen molar-refractivity contribution in [1.82, 2.24) is 10.6 Å². The monoisotopic (exact) mass is 314 g/mol. The smallest absolute Gasteiger partial charge is 0.237 e. The molecule has 116 valence electrons. The van der Waals surface area contributed by atoms with Crippen LogP contribution in [0.25, 0.3) is 0 Å². The lowest BCUT2D eigenvalue weighted by Crippen LogP contribution is -2.44. The molecule has 1 aromatic carbocycles. The fourth-order valence-electron chi connectivity index (χ4n) is 2.44. The van der Waals surface area contributed by atoms with Crippen molar-refractivity contribution in [3.8, 4) is 0 Å². The average Bonchev–Trinajstić information content (AvgIpc) is 3.16. The van der Waals surface area contributed by atoms with Crippen LogP contribution in [0.5, 0.6) is 0 Å². The van der Waals surface area contributed by atoms with Crippen LogP contribution in [0.2, 0.25) is 0 Å². The molecule has 2 atom stereocenters. The number of nitrogens with one attached hydrogen (secondary N) is 2. The molecule has 22 heavy (non-hydrogen) atoms. The first-order valence-corrected chi connectivity index (χ1v) is 8.68. The van der Waals surface area contributed by atoms with Gasteiger partial charge in [0.1, 0.15) is 0 Å². The first-order valence-electron chi connectivity index (χ1n) is 7.80. The van der Waals surface area contributed by atoms with E-state index in [-0.39, 0.29) is 18.0 Å². The summed E-state index contributed by atoms with van der Waals surface area (Å²) in [5, 5.41) is 8.63. The Morgan fingerprint density at radius 2 is 1.95 bits per heavy atom. The van der Waals surface area contributed by atoms with E-state index in [2.05, 4.69) is 59.3 Å². The third-order valence-corrected chi connectivity index (χ3v) is 4.91. The first kappa shape index (κ1) is 15.3. The van der Waals surface area contributed by atoms with Gasteiger partial charge < -0.3 is 5.32 Å². The van der Waals surface area contributed by atoms with Crippen molar-refractivity contribution in [2.24, 2.45) is 0 Å². The summed E-state index contributed by atoms with van der Waals surface area (Å²) in [5.41, 5.74) is 2.44. The maximum atomic E-state index is 12.2. The molecule has 1 aliphatic carbocycles. The number of hydrogen-bond acceptors (Lipinski definition) is 3. The standard InChI is InChI=1S/C18H22N2OS/c1-12-5-7-14(8-6-12)17(16-4-3-11-22-16)19-13(2)18(21)20-15-9-10-15/h3-8,11,13,15,17,19H,9-10H2,1-2H3,(H,20,21)/t13-,17-/m0/s1. The molecule has 0 aliphatic heterocycles. The van der Waals surface area contributed by atoms with E-state index in [4.69, 9.17) is 0 Å². The minimum absolute atomic E-state index is 0.0561. The van der Waals surface area contributed by atoms with E-state index < -0.39 is 0 Å². The highest BCUT2D eigenvalue weighted by molar-refractivity contribution is 7.10. The van der Waals surface area contributed by atoms with Crippen LogP contribution in [0.3, 0.4) is 0 Å². The molecule has 1 fully saturated rings. The molecule has 1 aliphatic rings. The summed E-state index contributed by atoms with van der Waals surface area (Å²) in [7, 11) is 0. The number of carbonyl (C=O) groups excluding carboxylic acids is 1. The molecule has 0 bridgehead atoms. The average molecular weight is 314 g/mol. The summed E-state index contributed by atoms with van der Waals surface area (Å²) in [6, 6.07) is 12.9. The second-order valence-electron chi connectivity index (χ2n) is 6.03. The molecular formula is C18H22N2OS. The molecule has 3 rings (SSSR count). The highest BCUT2D eigenvalue weighted by atomic mass is 32.1. The minimum Gasteiger partial charge on any atom is -0.352 e. The number of amides is 1. The molecule has 0 spiro atoms. The van der Waals surface area contributed by atoms with Gasteiger partial charge in [-0.15, -0.1) is 11.3 Å². The molecule has 0 unspecified atom stereocenters. The second-order valence-corrected chi connectivity index (χ2v) is 7.01. The highest BCUT2D eigenvalue weighted by Crippen LogP contribution is 2.27. The zero-order chi connectivity index (χ0) is 15.5. The van der Waals surface area contributed by atoms with E-state index in [1.54, 1.807) is 11.3 Å². The van der Waals surface area contributed by atoms with Crippen LogP contribution < -0.4 is 10.6 Å². The zero-order valence-corrected chi connectivity index (χ0v) is 13.8. The molecule has 4 heteroatoms. The van der Waals surface area contributed by atoms with Gasteiger partial charge in [0, 0.05) is 10.9 Å². The number of hydrogen-bond donors (Lipinski definition) is 2. The van der Waals surface area contributed by atoms with E-state index in [0.717, 1.165) is 12.8 Å². The van der Waals surface area contributed by atoms with Crippen molar-refractivity contribution in [2.45, 2.75) is 44.8 Å². The molecule has 2 aromatic rings. The maximum absolute atomic E-state index is 12.2. The molecule has 1 aromatic heterocycles. The van der Waals surface area contributed by atoms with Gasteiger partial charge in [-0.25, -0.2) is 0 Å². The van der Waals surface area contributed by atoms with Gasteiger partial charge in [0.2, 0.25) is 5.91 Å². The Bertz CT molecular complexity index is 617. The van der Waals surface area contributed by atoms with E-state index in [0.29, 0.717) is 6.04 Å². The fourth-order valence-corrected chi connectivity index (χ4v) is 3.25. The van der Waals surface area contributed by atoms with Gasteiger partial charge in [-0.2, -0.15) is 0 Å². The van der Waals surface area contributed by atoms with E-state index in [1.807, 2.05) is 6.92 Å². The van der Waals surface area contributed by atoms with E-state index in [1.165, 1.54) is 16.0 Å². The lowest BCUT2D eigenvalue weighted by atomic mass is 10.0. The van der Waals surface area contributed by atoms with Crippen LogP contribution >= 0.6 is 11.3 Å². The summed E-state index contributed by atoms with van der Waals surface area (Å²) in [6.07, 6.45) is 2.23. The lowest BCUT2D eigenvalue weighted by molar-refractivity contribution is -0.123. The van der Waals surface area contributed by atoms with Gasteiger partial charge in [0.05, 0.1) is 12.1 Å². The summed E-state index contributed by atoms with van der Waals surface area (Å²) < 4.78 is 0. The Labute approximate surface area is 135 Å². The molecule has 1 saturated carbocycles. The molecular weight excluding hydrogens is 292 g/mol. The minimum atomic E-state index is -0.214. The van der Waals surface area contributed by atoms with Crippen LogP contribution in [-0.4, -0.2) is 18.0 Å². The predicted molar refractivity (Wildman–Crippen MR) is 91.1 cm³/mol. The SMILES string of the molecule is Cc1ccc([C@H](N[C@@H](C)C(=O)NC2CC2)c2cccs2)cc1. The van der Waals surface area contributed by atoms with Crippen LogP contribution in [0.1, 0.15) is 41.8 Å². The summed E-state index contributed by atoms with van der Waals surface area (Å²) in [4.78, 5) is 13.4. The number of benzene rings is 1. The molecule has 0 saturated heterocycles. The second kappa shape index (κ2) is 6.63. The Hall–Kier alpha value is -1.65. The first-order chi connectivity index (χ1) is 10.6. The van der Waals surface area contributed by atoms with Crippen LogP contribution in [0, 0.1) is 6.92 Å². The Kier molecular flexibility index (Phi) is 4.60. The van der Waals surface area contributed by atoms with Gasteiger partial charge in [-0.1, -0.05) is 35.9 Å². The fraction of sp³-hybridized carbons (Fsp3) is 0.389. The van der Waals surface area contributed by atoms with Crippen molar-refractivity contribution in [3.05, 3.63) is 57.8 Å². The van der Waals surface area contributed by atoms with Crippen molar-refractivity contribution in [2.75, 3.05) is 0 Å². The molecule has 3 nitrogen and oxygen atoms in total. The van der Waals surface area contributed by atoms with Gasteiger partial charge >= 0.3 is 0 Å². The normalized spacial score (nSPS) is 17.0. The maximum Gasteiger partial charge on any atom is 0.237 e. The third kappa shape index (κ3) is 3.76.